The summed E-state index contributed by atoms with van der Waals surface area (Å²) in [6, 6.07) is 8.72. The quantitative estimate of drug-likeness (QED) is 0.561. The van der Waals surface area contributed by atoms with Crippen LogP contribution in [0.5, 0.6) is 5.75 Å². The predicted octanol–water partition coefficient (Wildman–Crippen LogP) is 0.500. The number of carbonyl (C=O) groups is 1. The van der Waals surface area contributed by atoms with Crippen molar-refractivity contribution in [3.63, 3.8) is 0 Å². The van der Waals surface area contributed by atoms with Gasteiger partial charge in [-0.2, -0.15) is 0 Å². The Kier molecular flexibility index (Phi) is 3.43. The molecule has 2 rings (SSSR count). The molecule has 1 fully saturated rings. The molecule has 1 aromatic carbocycles. The molecule has 1 aliphatic carbocycles. The van der Waals surface area contributed by atoms with Crippen molar-refractivity contribution in [1.82, 2.24) is 5.48 Å². The van der Waals surface area contributed by atoms with E-state index >= 15 is 0 Å². The number of hydrogen-bond acceptors (Lipinski definition) is 4. The van der Waals surface area contributed by atoms with E-state index in [1.54, 1.807) is 24.3 Å². The molecule has 0 unspecified atom stereocenters. The van der Waals surface area contributed by atoms with Gasteiger partial charge in [0.1, 0.15) is 5.75 Å². The van der Waals surface area contributed by atoms with Crippen LogP contribution in [-0.4, -0.2) is 18.3 Å². The van der Waals surface area contributed by atoms with Crippen LogP contribution in [0.15, 0.2) is 30.3 Å². The summed E-state index contributed by atoms with van der Waals surface area (Å²) in [5.41, 5.74) is 2.15. The Morgan fingerprint density at radius 2 is 2.06 bits per heavy atom. The van der Waals surface area contributed by atoms with Crippen molar-refractivity contribution in [2.24, 2.45) is 5.92 Å². The summed E-state index contributed by atoms with van der Waals surface area (Å²) < 4.78 is 9.63. The molecule has 2 N–H and O–H groups in total. The van der Waals surface area contributed by atoms with Gasteiger partial charge in [-0.05, 0) is 25.0 Å². The van der Waals surface area contributed by atoms with Gasteiger partial charge in [0.2, 0.25) is 5.91 Å². The minimum atomic E-state index is -1.50. The highest BCUT2D eigenvalue weighted by atomic mass is 16.8. The Balaban J connectivity index is 1.71. The van der Waals surface area contributed by atoms with Crippen LogP contribution in [0, 0.1) is 5.92 Å². The maximum absolute atomic E-state index is 11.2. The minimum Gasteiger partial charge on any atom is -0.511 e. The van der Waals surface area contributed by atoms with Gasteiger partial charge in [-0.15, -0.1) is 0 Å². The molecule has 0 radical (unpaired) electrons. The Bertz CT molecular complexity index is 355. The highest BCUT2D eigenvalue weighted by molar-refractivity contribution is 6.35. The molecule has 0 atom stereocenters. The van der Waals surface area contributed by atoms with Gasteiger partial charge in [-0.1, -0.05) is 18.2 Å². The Morgan fingerprint density at radius 3 is 2.69 bits per heavy atom. The number of para-hydroxylation sites is 1. The van der Waals surface area contributed by atoms with Crippen molar-refractivity contribution in [1.29, 1.82) is 0 Å². The molecule has 84 valence electrons. The number of rotatable bonds is 5. The van der Waals surface area contributed by atoms with Crippen molar-refractivity contribution < 1.29 is 19.2 Å². The summed E-state index contributed by atoms with van der Waals surface area (Å²) in [6.45, 7) is 0. The van der Waals surface area contributed by atoms with Crippen molar-refractivity contribution >= 4 is 13.2 Å². The third-order valence-electron chi connectivity index (χ3n) is 2.19. The monoisotopic (exact) mass is 221 g/mol. The predicted molar refractivity (Wildman–Crippen MR) is 57.0 cm³/mol. The summed E-state index contributed by atoms with van der Waals surface area (Å²) in [4.78, 5) is 11.2. The van der Waals surface area contributed by atoms with Gasteiger partial charge in [0.15, 0.2) is 0 Å². The van der Waals surface area contributed by atoms with Crippen LogP contribution in [0.3, 0.4) is 0 Å². The number of amides is 1. The van der Waals surface area contributed by atoms with Gasteiger partial charge in [-0.3, -0.25) is 9.55 Å². The third-order valence-corrected chi connectivity index (χ3v) is 2.19. The first-order valence-corrected chi connectivity index (χ1v) is 5.11. The zero-order chi connectivity index (χ0) is 11.4. The second-order valence-electron chi connectivity index (χ2n) is 3.60. The van der Waals surface area contributed by atoms with Crippen LogP contribution in [0.2, 0.25) is 0 Å². The molecule has 5 nitrogen and oxygen atoms in total. The van der Waals surface area contributed by atoms with E-state index in [1.807, 2.05) is 6.07 Å². The molecular formula is C10H12BNO4. The SMILES string of the molecule is O=C(NOB(O)Oc1ccccc1)C1CC1. The lowest BCUT2D eigenvalue weighted by Gasteiger charge is -2.09. The number of hydroxylamine groups is 1. The van der Waals surface area contributed by atoms with Crippen LogP contribution < -0.4 is 10.1 Å². The van der Waals surface area contributed by atoms with E-state index in [4.69, 9.17) is 4.65 Å². The highest BCUT2D eigenvalue weighted by Crippen LogP contribution is 2.28. The van der Waals surface area contributed by atoms with E-state index in [2.05, 4.69) is 10.2 Å². The summed E-state index contributed by atoms with van der Waals surface area (Å²) in [6.07, 6.45) is 1.76. The molecule has 1 aliphatic rings. The maximum Gasteiger partial charge on any atom is 0.733 e. The summed E-state index contributed by atoms with van der Waals surface area (Å²) in [7, 11) is -1.50. The van der Waals surface area contributed by atoms with Crippen LogP contribution in [-0.2, 0) is 9.55 Å². The third kappa shape index (κ3) is 3.25. The summed E-state index contributed by atoms with van der Waals surface area (Å²) >= 11 is 0. The van der Waals surface area contributed by atoms with Crippen LogP contribution in [0.25, 0.3) is 0 Å². The molecule has 16 heavy (non-hydrogen) atoms. The second kappa shape index (κ2) is 5.00. The zero-order valence-electron chi connectivity index (χ0n) is 8.63. The number of nitrogens with one attached hydrogen (secondary N) is 1. The van der Waals surface area contributed by atoms with Gasteiger partial charge >= 0.3 is 7.32 Å². The zero-order valence-corrected chi connectivity index (χ0v) is 8.63. The van der Waals surface area contributed by atoms with E-state index in [-0.39, 0.29) is 11.8 Å². The molecule has 1 amide bonds. The highest BCUT2D eigenvalue weighted by Gasteiger charge is 2.31. The first-order chi connectivity index (χ1) is 7.75. The number of carbonyl (C=O) groups excluding carboxylic acids is 1. The van der Waals surface area contributed by atoms with Gasteiger partial charge < -0.3 is 9.68 Å². The van der Waals surface area contributed by atoms with Crippen molar-refractivity contribution in [2.45, 2.75) is 12.8 Å². The van der Waals surface area contributed by atoms with Crippen LogP contribution in [0.1, 0.15) is 12.8 Å². The Hall–Kier alpha value is -1.53. The molecule has 0 aliphatic heterocycles. The van der Waals surface area contributed by atoms with Gasteiger partial charge in [0.05, 0.1) is 0 Å². The van der Waals surface area contributed by atoms with Crippen molar-refractivity contribution in [3.8, 4) is 5.75 Å². The normalized spacial score (nSPS) is 14.3. The molecule has 0 spiro atoms. The molecule has 6 heteroatoms. The number of hydrogen-bond donors (Lipinski definition) is 2. The molecule has 1 saturated carbocycles. The Labute approximate surface area is 93.5 Å². The fourth-order valence-electron chi connectivity index (χ4n) is 1.18. The molecule has 0 heterocycles. The van der Waals surface area contributed by atoms with Gasteiger partial charge in [0, 0.05) is 5.92 Å². The van der Waals surface area contributed by atoms with Gasteiger partial charge in [0.25, 0.3) is 0 Å². The summed E-state index contributed by atoms with van der Waals surface area (Å²) in [5, 5.41) is 9.29. The first-order valence-electron chi connectivity index (χ1n) is 5.11. The van der Waals surface area contributed by atoms with Gasteiger partial charge in [-0.25, -0.2) is 5.48 Å². The Morgan fingerprint density at radius 1 is 1.38 bits per heavy atom. The smallest absolute Gasteiger partial charge is 0.511 e. The molecule has 0 bridgehead atoms. The first kappa shape index (κ1) is 11.0. The largest absolute Gasteiger partial charge is 0.733 e. The average Bonchev–Trinajstić information content (AvgIpc) is 3.11. The molecule has 0 aromatic heterocycles. The van der Waals surface area contributed by atoms with E-state index in [9.17, 15) is 9.82 Å². The van der Waals surface area contributed by atoms with Crippen molar-refractivity contribution in [2.75, 3.05) is 0 Å². The van der Waals surface area contributed by atoms with E-state index < -0.39 is 7.32 Å². The van der Waals surface area contributed by atoms with E-state index in [0.717, 1.165) is 12.8 Å². The molecular weight excluding hydrogens is 209 g/mol. The number of benzene rings is 1. The topological polar surface area (TPSA) is 67.8 Å². The molecule has 1 aromatic rings. The summed E-state index contributed by atoms with van der Waals surface area (Å²) in [5.74, 6) is 0.287. The lowest BCUT2D eigenvalue weighted by molar-refractivity contribution is -0.130. The van der Waals surface area contributed by atoms with Crippen LogP contribution >= 0.6 is 0 Å². The standard InChI is InChI=1S/C10H12BNO4/c13-10(8-6-7-8)12-16-11(14)15-9-4-2-1-3-5-9/h1-5,8,14H,6-7H2,(H,12,13). The van der Waals surface area contributed by atoms with E-state index in [1.165, 1.54) is 0 Å². The fourth-order valence-corrected chi connectivity index (χ4v) is 1.18. The molecule has 0 saturated heterocycles. The lowest BCUT2D eigenvalue weighted by Crippen LogP contribution is -2.37. The average molecular weight is 221 g/mol. The van der Waals surface area contributed by atoms with E-state index in [0.29, 0.717) is 5.75 Å². The van der Waals surface area contributed by atoms with Crippen molar-refractivity contribution in [3.05, 3.63) is 30.3 Å². The lowest BCUT2D eigenvalue weighted by atomic mass is 10.2. The maximum atomic E-state index is 11.2. The minimum absolute atomic E-state index is 0.0314. The van der Waals surface area contributed by atoms with Crippen LogP contribution in [0.4, 0.5) is 0 Å². The fraction of sp³-hybridized carbons (Fsp3) is 0.300. The second-order valence-corrected chi connectivity index (χ2v) is 3.60.